The van der Waals surface area contributed by atoms with Crippen molar-refractivity contribution in [3.05, 3.63) is 35.9 Å². The molecule has 2 atom stereocenters. The molecule has 1 saturated heterocycles. The fourth-order valence-electron chi connectivity index (χ4n) is 1.96. The summed E-state index contributed by atoms with van der Waals surface area (Å²) in [4.78, 5) is 24.5. The molecule has 126 valence electrons. The highest BCUT2D eigenvalue weighted by Crippen LogP contribution is 2.32. The summed E-state index contributed by atoms with van der Waals surface area (Å²) in [5.41, 5.74) is 0.228. The molecule has 7 heteroatoms. The molecule has 0 radical (unpaired) electrons. The maximum Gasteiger partial charge on any atom is 0.423 e. The van der Waals surface area contributed by atoms with Gasteiger partial charge in [0.05, 0.1) is 0 Å². The molecule has 0 aliphatic carbocycles. The summed E-state index contributed by atoms with van der Waals surface area (Å²) in [6.45, 7) is 7.15. The molecule has 1 aromatic carbocycles. The van der Waals surface area contributed by atoms with Gasteiger partial charge in [0.1, 0.15) is 30.5 Å². The van der Waals surface area contributed by atoms with Crippen LogP contribution in [-0.4, -0.2) is 34.1 Å². The first-order valence-corrected chi connectivity index (χ1v) is 8.04. The lowest BCUT2D eigenvalue weighted by Crippen LogP contribution is -2.45. The summed E-state index contributed by atoms with van der Waals surface area (Å²) in [5, 5.41) is 0. The molecule has 1 aromatic rings. The molecular weight excluding hydrogens is 318 g/mol. The number of hydrogen-bond donors (Lipinski definition) is 0. The molecule has 23 heavy (non-hydrogen) atoms. The molecule has 0 saturated carbocycles. The Balaban J connectivity index is 1.99. The van der Waals surface area contributed by atoms with Gasteiger partial charge in [-0.15, -0.1) is 0 Å². The third-order valence-electron chi connectivity index (χ3n) is 3.01. The SMILES string of the molecule is C[C@@H]1OSN(C(=O)OC(C)(C)C)[C@@H]1C(=O)OCc1ccccc1. The van der Waals surface area contributed by atoms with E-state index < -0.39 is 29.8 Å². The van der Waals surface area contributed by atoms with Gasteiger partial charge in [-0.05, 0) is 33.3 Å². The summed E-state index contributed by atoms with van der Waals surface area (Å²) in [5.74, 6) is -0.516. The lowest BCUT2D eigenvalue weighted by atomic mass is 10.2. The fourth-order valence-corrected chi connectivity index (χ4v) is 2.74. The average molecular weight is 339 g/mol. The molecule has 0 unspecified atom stereocenters. The zero-order chi connectivity index (χ0) is 17.0. The van der Waals surface area contributed by atoms with Crippen LogP contribution in [0.2, 0.25) is 0 Å². The Labute approximate surface area is 140 Å². The van der Waals surface area contributed by atoms with Crippen molar-refractivity contribution in [1.29, 1.82) is 0 Å². The highest BCUT2D eigenvalue weighted by atomic mass is 32.2. The normalized spacial score (nSPS) is 21.1. The van der Waals surface area contributed by atoms with Crippen LogP contribution in [-0.2, 0) is 25.1 Å². The number of esters is 1. The average Bonchev–Trinajstić information content (AvgIpc) is 2.86. The van der Waals surface area contributed by atoms with Crippen molar-refractivity contribution in [3.8, 4) is 0 Å². The van der Waals surface area contributed by atoms with Crippen LogP contribution in [0.3, 0.4) is 0 Å². The molecule has 0 N–H and O–H groups in total. The predicted molar refractivity (Wildman–Crippen MR) is 86.2 cm³/mol. The number of carbonyl (C=O) groups excluding carboxylic acids is 2. The molecule has 1 heterocycles. The van der Waals surface area contributed by atoms with Gasteiger partial charge >= 0.3 is 12.1 Å². The van der Waals surface area contributed by atoms with E-state index in [-0.39, 0.29) is 6.61 Å². The van der Waals surface area contributed by atoms with Crippen LogP contribution in [0.25, 0.3) is 0 Å². The van der Waals surface area contributed by atoms with E-state index in [9.17, 15) is 9.59 Å². The van der Waals surface area contributed by atoms with E-state index >= 15 is 0 Å². The van der Waals surface area contributed by atoms with Crippen molar-refractivity contribution in [2.24, 2.45) is 0 Å². The summed E-state index contributed by atoms with van der Waals surface area (Å²) < 4.78 is 17.1. The second-order valence-corrected chi connectivity index (χ2v) is 6.96. The quantitative estimate of drug-likeness (QED) is 0.478. The third kappa shape index (κ3) is 4.87. The van der Waals surface area contributed by atoms with Crippen LogP contribution >= 0.6 is 12.2 Å². The monoisotopic (exact) mass is 339 g/mol. The Morgan fingerprint density at radius 3 is 2.52 bits per heavy atom. The van der Waals surface area contributed by atoms with Crippen LogP contribution in [0.5, 0.6) is 0 Å². The Hall–Kier alpha value is -1.73. The Bertz CT molecular complexity index is 557. The first kappa shape index (κ1) is 17.6. The van der Waals surface area contributed by atoms with Crippen molar-refractivity contribution < 1.29 is 23.2 Å². The summed E-state index contributed by atoms with van der Waals surface area (Å²) >= 11 is 0.815. The summed E-state index contributed by atoms with van der Waals surface area (Å²) in [6, 6.07) is 8.52. The molecule has 1 amide bonds. The lowest BCUT2D eigenvalue weighted by Gasteiger charge is -2.25. The topological polar surface area (TPSA) is 65.1 Å². The van der Waals surface area contributed by atoms with Crippen molar-refractivity contribution in [1.82, 2.24) is 4.31 Å². The predicted octanol–water partition coefficient (Wildman–Crippen LogP) is 3.32. The maximum absolute atomic E-state index is 12.3. The number of benzene rings is 1. The highest BCUT2D eigenvalue weighted by Gasteiger charge is 2.45. The number of hydrogen-bond acceptors (Lipinski definition) is 6. The van der Waals surface area contributed by atoms with E-state index in [2.05, 4.69) is 0 Å². The van der Waals surface area contributed by atoms with E-state index in [1.165, 1.54) is 4.31 Å². The number of nitrogens with zero attached hydrogens (tertiary/aromatic N) is 1. The molecule has 2 rings (SSSR count). The molecular formula is C16H21NO5S. The summed E-state index contributed by atoms with van der Waals surface area (Å²) in [7, 11) is 0. The third-order valence-corrected chi connectivity index (χ3v) is 3.94. The Morgan fingerprint density at radius 1 is 1.26 bits per heavy atom. The van der Waals surface area contributed by atoms with Gasteiger partial charge in [-0.2, -0.15) is 0 Å². The minimum Gasteiger partial charge on any atom is -0.459 e. The lowest BCUT2D eigenvalue weighted by molar-refractivity contribution is -0.150. The van der Waals surface area contributed by atoms with E-state index in [1.54, 1.807) is 27.7 Å². The molecule has 1 aliphatic heterocycles. The summed E-state index contributed by atoms with van der Waals surface area (Å²) in [6.07, 6.45) is -1.09. The number of amides is 1. The molecule has 1 fully saturated rings. The minimum atomic E-state index is -0.835. The minimum absolute atomic E-state index is 0.149. The van der Waals surface area contributed by atoms with Crippen molar-refractivity contribution >= 4 is 24.3 Å². The number of rotatable bonds is 3. The van der Waals surface area contributed by atoms with E-state index in [4.69, 9.17) is 13.7 Å². The van der Waals surface area contributed by atoms with Crippen LogP contribution in [0, 0.1) is 0 Å². The van der Waals surface area contributed by atoms with E-state index in [0.29, 0.717) is 0 Å². The smallest absolute Gasteiger partial charge is 0.423 e. The largest absolute Gasteiger partial charge is 0.459 e. The van der Waals surface area contributed by atoms with Gasteiger partial charge in [0.2, 0.25) is 0 Å². The Morgan fingerprint density at radius 2 is 1.91 bits per heavy atom. The maximum atomic E-state index is 12.3. The zero-order valence-corrected chi connectivity index (χ0v) is 14.5. The first-order chi connectivity index (χ1) is 10.8. The van der Waals surface area contributed by atoms with Crippen LogP contribution in [0.15, 0.2) is 30.3 Å². The van der Waals surface area contributed by atoms with Crippen molar-refractivity contribution in [3.63, 3.8) is 0 Å². The van der Waals surface area contributed by atoms with Crippen LogP contribution < -0.4 is 0 Å². The number of carbonyl (C=O) groups is 2. The van der Waals surface area contributed by atoms with Gasteiger partial charge in [-0.3, -0.25) is 4.18 Å². The second kappa shape index (κ2) is 7.23. The van der Waals surface area contributed by atoms with Gasteiger partial charge < -0.3 is 9.47 Å². The fraction of sp³-hybridized carbons (Fsp3) is 0.500. The highest BCUT2D eigenvalue weighted by molar-refractivity contribution is 7.93. The van der Waals surface area contributed by atoms with Crippen LogP contribution in [0.4, 0.5) is 4.79 Å². The Kier molecular flexibility index (Phi) is 5.54. The molecule has 1 aliphatic rings. The molecule has 0 bridgehead atoms. The second-order valence-electron chi connectivity index (χ2n) is 6.22. The van der Waals surface area contributed by atoms with Gasteiger partial charge in [0.25, 0.3) is 0 Å². The van der Waals surface area contributed by atoms with Gasteiger partial charge in [0, 0.05) is 0 Å². The van der Waals surface area contributed by atoms with Gasteiger partial charge in [-0.1, -0.05) is 30.3 Å². The van der Waals surface area contributed by atoms with E-state index in [0.717, 1.165) is 17.8 Å². The van der Waals surface area contributed by atoms with Crippen molar-refractivity contribution in [2.45, 2.75) is 52.0 Å². The van der Waals surface area contributed by atoms with Gasteiger partial charge in [0.15, 0.2) is 6.04 Å². The molecule has 6 nitrogen and oxygen atoms in total. The zero-order valence-electron chi connectivity index (χ0n) is 13.6. The standard InChI is InChI=1S/C16H21NO5S/c1-11-13(14(18)20-10-12-8-6-5-7-9-12)17(23-22-11)15(19)21-16(2,3)4/h5-9,11,13H,10H2,1-4H3/t11-,13-/m0/s1. The van der Waals surface area contributed by atoms with E-state index in [1.807, 2.05) is 30.3 Å². The first-order valence-electron chi connectivity index (χ1n) is 7.34. The molecule has 0 spiro atoms. The van der Waals surface area contributed by atoms with Crippen molar-refractivity contribution in [2.75, 3.05) is 0 Å². The van der Waals surface area contributed by atoms with Crippen LogP contribution in [0.1, 0.15) is 33.3 Å². The van der Waals surface area contributed by atoms with Gasteiger partial charge in [-0.25, -0.2) is 13.9 Å². The molecule has 0 aromatic heterocycles. The number of ether oxygens (including phenoxy) is 2.